The third-order valence-electron chi connectivity index (χ3n) is 4.75. The largest absolute Gasteiger partial charge is 0.379 e. The van der Waals surface area contributed by atoms with E-state index in [9.17, 15) is 8.42 Å². The molecule has 0 radical (unpaired) electrons. The molecule has 0 bridgehead atoms. The van der Waals surface area contributed by atoms with E-state index in [1.54, 1.807) is 6.07 Å². The molecule has 2 aliphatic heterocycles. The average Bonchev–Trinajstić information content (AvgIpc) is 2.62. The molecule has 0 saturated carbocycles. The van der Waals surface area contributed by atoms with Crippen LogP contribution < -0.4 is 4.90 Å². The van der Waals surface area contributed by atoms with Gasteiger partial charge in [0.1, 0.15) is 10.7 Å². The van der Waals surface area contributed by atoms with Gasteiger partial charge in [0.2, 0.25) is 10.0 Å². The van der Waals surface area contributed by atoms with E-state index in [1.165, 1.54) is 29.8 Å². The van der Waals surface area contributed by atoms with Crippen LogP contribution in [-0.4, -0.2) is 57.1 Å². The Balaban J connectivity index is 1.73. The molecule has 1 unspecified atom stereocenters. The first-order valence-electron chi connectivity index (χ1n) is 8.40. The van der Waals surface area contributed by atoms with Gasteiger partial charge in [-0.05, 0) is 30.9 Å². The van der Waals surface area contributed by atoms with Crippen molar-refractivity contribution in [3.63, 3.8) is 0 Å². The van der Waals surface area contributed by atoms with Gasteiger partial charge in [0, 0.05) is 32.4 Å². The number of rotatable bonds is 4. The quantitative estimate of drug-likeness (QED) is 0.836. The highest BCUT2D eigenvalue weighted by Crippen LogP contribution is 2.25. The highest BCUT2D eigenvalue weighted by atomic mass is 32.2. The van der Waals surface area contributed by atoms with Crippen molar-refractivity contribution < 1.29 is 13.2 Å². The number of piperidine rings is 1. The second-order valence-corrected chi connectivity index (χ2v) is 8.17. The summed E-state index contributed by atoms with van der Waals surface area (Å²) in [6.45, 7) is 5.97. The maximum absolute atomic E-state index is 12.6. The summed E-state index contributed by atoms with van der Waals surface area (Å²) in [6, 6.07) is 3.52. The average molecular weight is 339 g/mol. The molecule has 2 fully saturated rings. The normalized spacial score (nSPS) is 23.9. The summed E-state index contributed by atoms with van der Waals surface area (Å²) in [5, 5.41) is 0. The topological polar surface area (TPSA) is 62.7 Å². The molecule has 0 spiro atoms. The van der Waals surface area contributed by atoms with Crippen molar-refractivity contribution in [3.8, 4) is 0 Å². The van der Waals surface area contributed by atoms with Gasteiger partial charge in [0.25, 0.3) is 0 Å². The first-order valence-corrected chi connectivity index (χ1v) is 9.84. The standard InChI is InChI=1S/C16H25N3O3S/c1-2-14-4-3-7-18(13-14)16-6-5-15(12-17-16)23(20,21)19-8-10-22-11-9-19/h5-6,12,14H,2-4,7-11,13H2,1H3. The van der Waals surface area contributed by atoms with Crippen LogP contribution in [-0.2, 0) is 14.8 Å². The molecule has 3 heterocycles. The highest BCUT2D eigenvalue weighted by Gasteiger charge is 2.27. The van der Waals surface area contributed by atoms with Gasteiger partial charge >= 0.3 is 0 Å². The van der Waals surface area contributed by atoms with Crippen molar-refractivity contribution in [2.45, 2.75) is 31.1 Å². The lowest BCUT2D eigenvalue weighted by molar-refractivity contribution is 0.0730. The second-order valence-electron chi connectivity index (χ2n) is 6.23. The van der Waals surface area contributed by atoms with E-state index in [1.807, 2.05) is 6.07 Å². The Labute approximate surface area is 138 Å². The first-order chi connectivity index (χ1) is 11.1. The maximum Gasteiger partial charge on any atom is 0.244 e. The van der Waals surface area contributed by atoms with Crippen LogP contribution >= 0.6 is 0 Å². The molecule has 0 N–H and O–H groups in total. The van der Waals surface area contributed by atoms with E-state index in [0.717, 1.165) is 18.9 Å². The lowest BCUT2D eigenvalue weighted by Crippen LogP contribution is -2.40. The lowest BCUT2D eigenvalue weighted by Gasteiger charge is -2.33. The van der Waals surface area contributed by atoms with Crippen molar-refractivity contribution in [2.24, 2.45) is 5.92 Å². The third-order valence-corrected chi connectivity index (χ3v) is 6.63. The fourth-order valence-electron chi connectivity index (χ4n) is 3.25. The Morgan fingerprint density at radius 1 is 1.26 bits per heavy atom. The number of sulfonamides is 1. The van der Waals surface area contributed by atoms with Gasteiger partial charge in [0.15, 0.2) is 0 Å². The molecular weight excluding hydrogens is 314 g/mol. The lowest BCUT2D eigenvalue weighted by atomic mass is 9.96. The summed E-state index contributed by atoms with van der Waals surface area (Å²) in [5.41, 5.74) is 0. The summed E-state index contributed by atoms with van der Waals surface area (Å²) in [6.07, 6.45) is 5.13. The summed E-state index contributed by atoms with van der Waals surface area (Å²) < 4.78 is 31.9. The number of ether oxygens (including phenoxy) is 1. The van der Waals surface area contributed by atoms with Gasteiger partial charge in [-0.2, -0.15) is 4.31 Å². The van der Waals surface area contributed by atoms with Crippen molar-refractivity contribution >= 4 is 15.8 Å². The van der Waals surface area contributed by atoms with Gasteiger partial charge in [-0.25, -0.2) is 13.4 Å². The van der Waals surface area contributed by atoms with E-state index in [0.29, 0.717) is 32.2 Å². The van der Waals surface area contributed by atoms with Crippen LogP contribution in [0.15, 0.2) is 23.2 Å². The predicted molar refractivity (Wildman–Crippen MR) is 89.0 cm³/mol. The van der Waals surface area contributed by atoms with Crippen molar-refractivity contribution in [3.05, 3.63) is 18.3 Å². The Kier molecular flexibility index (Phi) is 5.18. The van der Waals surface area contributed by atoms with E-state index in [-0.39, 0.29) is 4.90 Å². The number of aromatic nitrogens is 1. The van der Waals surface area contributed by atoms with Gasteiger partial charge in [-0.3, -0.25) is 0 Å². The van der Waals surface area contributed by atoms with E-state index in [2.05, 4.69) is 16.8 Å². The Bertz CT molecular complexity index is 612. The zero-order valence-corrected chi connectivity index (χ0v) is 14.5. The van der Waals surface area contributed by atoms with Crippen LogP contribution in [0.5, 0.6) is 0 Å². The molecule has 2 saturated heterocycles. The van der Waals surface area contributed by atoms with Gasteiger partial charge in [-0.15, -0.1) is 0 Å². The van der Waals surface area contributed by atoms with Crippen LogP contribution in [0.2, 0.25) is 0 Å². The molecule has 2 aliphatic rings. The summed E-state index contributed by atoms with van der Waals surface area (Å²) >= 11 is 0. The number of morpholine rings is 1. The number of anilines is 1. The fourth-order valence-corrected chi connectivity index (χ4v) is 4.61. The minimum Gasteiger partial charge on any atom is -0.379 e. The Morgan fingerprint density at radius 2 is 2.04 bits per heavy atom. The highest BCUT2D eigenvalue weighted by molar-refractivity contribution is 7.89. The number of hydrogen-bond acceptors (Lipinski definition) is 5. The van der Waals surface area contributed by atoms with E-state index >= 15 is 0 Å². The number of hydrogen-bond donors (Lipinski definition) is 0. The summed E-state index contributed by atoms with van der Waals surface area (Å²) in [4.78, 5) is 6.96. The van der Waals surface area contributed by atoms with Gasteiger partial charge in [0.05, 0.1) is 13.2 Å². The number of nitrogens with zero attached hydrogens (tertiary/aromatic N) is 3. The summed E-state index contributed by atoms with van der Waals surface area (Å²) in [5.74, 6) is 1.59. The predicted octanol–water partition coefficient (Wildman–Crippen LogP) is 1.73. The summed E-state index contributed by atoms with van der Waals surface area (Å²) in [7, 11) is -3.45. The van der Waals surface area contributed by atoms with Crippen molar-refractivity contribution in [2.75, 3.05) is 44.3 Å². The van der Waals surface area contributed by atoms with Crippen molar-refractivity contribution in [1.82, 2.24) is 9.29 Å². The van der Waals surface area contributed by atoms with Crippen LogP contribution in [0.3, 0.4) is 0 Å². The van der Waals surface area contributed by atoms with E-state index < -0.39 is 10.0 Å². The molecule has 3 rings (SSSR count). The molecule has 1 atom stereocenters. The van der Waals surface area contributed by atoms with E-state index in [4.69, 9.17) is 4.74 Å². The van der Waals surface area contributed by atoms with Crippen LogP contribution in [0.1, 0.15) is 26.2 Å². The van der Waals surface area contributed by atoms with Crippen LogP contribution in [0.4, 0.5) is 5.82 Å². The van der Waals surface area contributed by atoms with Crippen molar-refractivity contribution in [1.29, 1.82) is 0 Å². The third kappa shape index (κ3) is 3.67. The SMILES string of the molecule is CCC1CCCN(c2ccc(S(=O)(=O)N3CCOCC3)cn2)C1. The Morgan fingerprint density at radius 3 is 2.70 bits per heavy atom. The Hall–Kier alpha value is -1.18. The van der Waals surface area contributed by atoms with Crippen LogP contribution in [0.25, 0.3) is 0 Å². The molecule has 128 valence electrons. The minimum absolute atomic E-state index is 0.271. The number of pyridine rings is 1. The molecule has 23 heavy (non-hydrogen) atoms. The molecule has 1 aromatic rings. The fraction of sp³-hybridized carbons (Fsp3) is 0.688. The monoisotopic (exact) mass is 339 g/mol. The molecule has 0 aromatic carbocycles. The molecule has 7 heteroatoms. The first kappa shape index (κ1) is 16.7. The zero-order valence-electron chi connectivity index (χ0n) is 13.6. The maximum atomic E-state index is 12.6. The molecule has 0 aliphatic carbocycles. The smallest absolute Gasteiger partial charge is 0.244 e. The minimum atomic E-state index is -3.45. The van der Waals surface area contributed by atoms with Gasteiger partial charge in [-0.1, -0.05) is 13.3 Å². The molecule has 1 aromatic heterocycles. The molecular formula is C16H25N3O3S. The second kappa shape index (κ2) is 7.15. The van der Waals surface area contributed by atoms with Gasteiger partial charge < -0.3 is 9.64 Å². The molecule has 0 amide bonds. The molecule has 6 nitrogen and oxygen atoms in total. The zero-order chi connectivity index (χ0) is 16.3. The van der Waals surface area contributed by atoms with Crippen LogP contribution in [0, 0.1) is 5.92 Å².